The number of nitrogens with one attached hydrogen (secondary N) is 1. The lowest BCUT2D eigenvalue weighted by molar-refractivity contribution is 0.587. The van der Waals surface area contributed by atoms with E-state index in [9.17, 15) is 8.42 Å². The molecule has 0 aliphatic rings. The molecule has 0 aliphatic carbocycles. The van der Waals surface area contributed by atoms with Gasteiger partial charge in [0.1, 0.15) is 0 Å². The maximum Gasteiger partial charge on any atom is 0.261 e. The summed E-state index contributed by atoms with van der Waals surface area (Å²) in [7, 11) is -3.70. The van der Waals surface area contributed by atoms with E-state index in [2.05, 4.69) is 35.7 Å². The number of sulfonamides is 1. The van der Waals surface area contributed by atoms with Crippen LogP contribution in [0.3, 0.4) is 0 Å². The first-order chi connectivity index (χ1) is 13.7. The number of hydrogen-bond acceptors (Lipinski definition) is 4. The van der Waals surface area contributed by atoms with Gasteiger partial charge in [-0.25, -0.2) is 8.42 Å². The third-order valence-corrected chi connectivity index (χ3v) is 6.11. The fourth-order valence-corrected chi connectivity index (χ4v) is 4.16. The number of anilines is 1. The van der Waals surface area contributed by atoms with Crippen molar-refractivity contribution >= 4 is 21.4 Å². The lowest BCUT2D eigenvalue weighted by atomic mass is 9.87. The highest BCUT2D eigenvalue weighted by Gasteiger charge is 2.18. The van der Waals surface area contributed by atoms with Crippen molar-refractivity contribution in [3.63, 3.8) is 0 Å². The van der Waals surface area contributed by atoms with Crippen molar-refractivity contribution in [2.45, 2.75) is 31.1 Å². The van der Waals surface area contributed by atoms with Gasteiger partial charge in [-0.3, -0.25) is 9.12 Å². The van der Waals surface area contributed by atoms with Crippen LogP contribution in [0.4, 0.5) is 5.69 Å². The molecule has 0 unspecified atom stereocenters. The molecule has 29 heavy (non-hydrogen) atoms. The van der Waals surface area contributed by atoms with Crippen LogP contribution < -0.4 is 4.72 Å². The van der Waals surface area contributed by atoms with Gasteiger partial charge in [0.05, 0.1) is 4.90 Å². The number of aromatic nitrogens is 3. The van der Waals surface area contributed by atoms with Crippen molar-refractivity contribution in [3.05, 3.63) is 78.5 Å². The first-order valence-corrected chi connectivity index (χ1v) is 10.8. The summed E-state index contributed by atoms with van der Waals surface area (Å²) < 4.78 is 30.2. The number of hydrogen-bond donors (Lipinski definition) is 1. The minimum Gasteiger partial charge on any atom is -0.282 e. The minimum absolute atomic E-state index is 0.0366. The second-order valence-electron chi connectivity index (χ2n) is 7.91. The van der Waals surface area contributed by atoms with Crippen LogP contribution in [0.1, 0.15) is 26.3 Å². The average Bonchev–Trinajstić information content (AvgIpc) is 3.11. The van der Waals surface area contributed by atoms with Gasteiger partial charge in [-0.1, -0.05) is 51.1 Å². The van der Waals surface area contributed by atoms with Gasteiger partial charge in [0.25, 0.3) is 10.0 Å². The highest BCUT2D eigenvalue weighted by molar-refractivity contribution is 7.92. The van der Waals surface area contributed by atoms with Gasteiger partial charge < -0.3 is 0 Å². The van der Waals surface area contributed by atoms with Gasteiger partial charge in [0.2, 0.25) is 0 Å². The lowest BCUT2D eigenvalue weighted by Gasteiger charge is -2.19. The van der Waals surface area contributed by atoms with Gasteiger partial charge in [-0.2, -0.15) is 0 Å². The fourth-order valence-electron chi connectivity index (χ4n) is 3.11. The smallest absolute Gasteiger partial charge is 0.261 e. The van der Waals surface area contributed by atoms with E-state index in [0.717, 1.165) is 16.8 Å². The predicted molar refractivity (Wildman–Crippen MR) is 114 cm³/mol. The van der Waals surface area contributed by atoms with E-state index < -0.39 is 10.0 Å². The molecule has 0 aliphatic heterocycles. The van der Waals surface area contributed by atoms with Crippen LogP contribution in [0.25, 0.3) is 17.0 Å². The quantitative estimate of drug-likeness (QED) is 0.542. The van der Waals surface area contributed by atoms with Crippen molar-refractivity contribution in [1.29, 1.82) is 0 Å². The Balaban J connectivity index is 1.64. The van der Waals surface area contributed by atoms with E-state index in [4.69, 9.17) is 0 Å². The van der Waals surface area contributed by atoms with E-state index in [0.29, 0.717) is 11.5 Å². The molecule has 0 fully saturated rings. The molecule has 1 N–H and O–H groups in total. The van der Waals surface area contributed by atoms with E-state index in [-0.39, 0.29) is 10.3 Å². The minimum atomic E-state index is -3.70. The second kappa shape index (κ2) is 7.00. The van der Waals surface area contributed by atoms with Gasteiger partial charge in [-0.15, -0.1) is 10.2 Å². The molecule has 0 spiro atoms. The number of nitrogens with zero attached hydrogens (tertiary/aromatic N) is 3. The Hall–Kier alpha value is -3.19. The Labute approximate surface area is 170 Å². The van der Waals surface area contributed by atoms with Gasteiger partial charge in [0, 0.05) is 17.4 Å². The zero-order valence-corrected chi connectivity index (χ0v) is 17.3. The summed E-state index contributed by atoms with van der Waals surface area (Å²) in [4.78, 5) is 0.226. The summed E-state index contributed by atoms with van der Waals surface area (Å²) in [5, 5.41) is 8.38. The van der Waals surface area contributed by atoms with E-state index in [1.807, 2.05) is 47.0 Å². The molecule has 2 aromatic carbocycles. The summed E-state index contributed by atoms with van der Waals surface area (Å²) in [6.45, 7) is 6.28. The first-order valence-electron chi connectivity index (χ1n) is 9.28. The van der Waals surface area contributed by atoms with Crippen molar-refractivity contribution in [3.8, 4) is 11.4 Å². The molecule has 4 rings (SSSR count). The normalized spacial score (nSPS) is 12.2. The van der Waals surface area contributed by atoms with Crippen LogP contribution in [0, 0.1) is 0 Å². The zero-order valence-electron chi connectivity index (χ0n) is 16.5. The van der Waals surface area contributed by atoms with Crippen LogP contribution in [0.5, 0.6) is 0 Å². The molecular formula is C22H22N4O2S. The highest BCUT2D eigenvalue weighted by Crippen LogP contribution is 2.26. The molecule has 0 amide bonds. The molecule has 6 nitrogen and oxygen atoms in total. The van der Waals surface area contributed by atoms with Crippen LogP contribution in [0.2, 0.25) is 0 Å². The zero-order chi connectivity index (χ0) is 20.6. The van der Waals surface area contributed by atoms with Crippen molar-refractivity contribution < 1.29 is 8.42 Å². The molecule has 0 radical (unpaired) electrons. The van der Waals surface area contributed by atoms with E-state index in [1.54, 1.807) is 30.3 Å². The Kier molecular flexibility index (Phi) is 4.62. The molecule has 0 saturated carbocycles. The van der Waals surface area contributed by atoms with Gasteiger partial charge in [0.15, 0.2) is 11.5 Å². The largest absolute Gasteiger partial charge is 0.282 e. The molecule has 4 aromatic rings. The summed E-state index contributed by atoms with van der Waals surface area (Å²) in [6.07, 6.45) is 1.87. The SMILES string of the molecule is CC(C)(C)c1ccc(S(=O)(=O)Nc2cccc(-c3nnc4ccccn34)c2)cc1. The molecule has 7 heteroatoms. The summed E-state index contributed by atoms with van der Waals surface area (Å²) in [6, 6.07) is 19.8. The topological polar surface area (TPSA) is 76.4 Å². The van der Waals surface area contributed by atoms with E-state index >= 15 is 0 Å². The van der Waals surface area contributed by atoms with Gasteiger partial charge in [-0.05, 0) is 47.4 Å². The maximum atomic E-state index is 12.8. The third-order valence-electron chi connectivity index (χ3n) is 4.72. The number of pyridine rings is 1. The van der Waals surface area contributed by atoms with Crippen molar-refractivity contribution in [2.75, 3.05) is 4.72 Å². The van der Waals surface area contributed by atoms with Crippen LogP contribution in [-0.2, 0) is 15.4 Å². The maximum absolute atomic E-state index is 12.8. The second-order valence-corrected chi connectivity index (χ2v) is 9.60. The molecule has 148 valence electrons. The molecule has 0 saturated heterocycles. The fraction of sp³-hybridized carbons (Fsp3) is 0.182. The predicted octanol–water partition coefficient (Wildman–Crippen LogP) is 4.49. The lowest BCUT2D eigenvalue weighted by Crippen LogP contribution is -2.15. The van der Waals surface area contributed by atoms with Gasteiger partial charge >= 0.3 is 0 Å². The Morgan fingerprint density at radius 2 is 1.66 bits per heavy atom. The molecule has 2 heterocycles. The summed E-state index contributed by atoms with van der Waals surface area (Å²) in [5.74, 6) is 0.649. The summed E-state index contributed by atoms with van der Waals surface area (Å²) >= 11 is 0. The molecule has 0 bridgehead atoms. The standard InChI is InChI=1S/C22H22N4O2S/c1-22(2,3)17-10-12-19(13-11-17)29(27,28)25-18-8-6-7-16(15-18)21-24-23-20-9-4-5-14-26(20)21/h4-15,25H,1-3H3. The number of rotatable bonds is 4. The third kappa shape index (κ3) is 3.86. The highest BCUT2D eigenvalue weighted by atomic mass is 32.2. The van der Waals surface area contributed by atoms with Crippen LogP contribution in [-0.4, -0.2) is 23.0 Å². The first kappa shape index (κ1) is 19.1. The monoisotopic (exact) mass is 406 g/mol. The Morgan fingerprint density at radius 1 is 0.897 bits per heavy atom. The summed E-state index contributed by atoms with van der Waals surface area (Å²) in [5.41, 5.74) is 3.01. The number of benzene rings is 2. The molecule has 0 atom stereocenters. The van der Waals surface area contributed by atoms with E-state index in [1.165, 1.54) is 0 Å². The van der Waals surface area contributed by atoms with Crippen molar-refractivity contribution in [2.24, 2.45) is 0 Å². The molecule has 2 aromatic heterocycles. The van der Waals surface area contributed by atoms with Crippen molar-refractivity contribution in [1.82, 2.24) is 14.6 Å². The Morgan fingerprint density at radius 3 is 2.38 bits per heavy atom. The number of fused-ring (bicyclic) bond motifs is 1. The van der Waals surface area contributed by atoms with Crippen LogP contribution in [0.15, 0.2) is 77.8 Å². The Bertz CT molecular complexity index is 1270. The van der Waals surface area contributed by atoms with Crippen LogP contribution >= 0.6 is 0 Å². The average molecular weight is 407 g/mol. The molecular weight excluding hydrogens is 384 g/mol.